The van der Waals surface area contributed by atoms with Crippen molar-refractivity contribution in [1.82, 2.24) is 15.1 Å². The number of urea groups is 1. The Balaban J connectivity index is 1.97. The zero-order valence-corrected chi connectivity index (χ0v) is 13.1. The van der Waals surface area contributed by atoms with E-state index in [9.17, 15) is 14.4 Å². The Bertz CT molecular complexity index is 439. The maximum absolute atomic E-state index is 12.5. The van der Waals surface area contributed by atoms with Gasteiger partial charge in [-0.3, -0.25) is 14.5 Å². The van der Waals surface area contributed by atoms with Gasteiger partial charge in [0.2, 0.25) is 0 Å². The molecular weight excluding hydrogens is 270 g/mol. The summed E-state index contributed by atoms with van der Waals surface area (Å²) in [5.41, 5.74) is -0.735. The van der Waals surface area contributed by atoms with Crippen LogP contribution in [-0.4, -0.2) is 59.2 Å². The zero-order chi connectivity index (χ0) is 15.6. The number of carbonyl (C=O) groups excluding carboxylic acids is 3. The average Bonchev–Trinajstić information content (AvgIpc) is 2.62. The molecule has 0 aromatic carbocycles. The highest BCUT2D eigenvalue weighted by atomic mass is 16.2. The monoisotopic (exact) mass is 295 g/mol. The summed E-state index contributed by atoms with van der Waals surface area (Å²) in [5, 5.41) is 2.87. The van der Waals surface area contributed by atoms with Crippen molar-refractivity contribution in [2.45, 2.75) is 45.6 Å². The Morgan fingerprint density at radius 2 is 1.90 bits per heavy atom. The van der Waals surface area contributed by atoms with E-state index in [2.05, 4.69) is 24.1 Å². The summed E-state index contributed by atoms with van der Waals surface area (Å²) < 4.78 is 0. The number of nitrogens with zero attached hydrogens (tertiary/aromatic N) is 2. The lowest BCUT2D eigenvalue weighted by molar-refractivity contribution is -0.133. The van der Waals surface area contributed by atoms with Crippen LogP contribution in [0.5, 0.6) is 0 Å². The molecule has 0 aliphatic carbocycles. The normalized spacial score (nSPS) is 22.2. The van der Waals surface area contributed by atoms with Crippen LogP contribution in [0, 0.1) is 5.92 Å². The molecule has 0 atom stereocenters. The van der Waals surface area contributed by atoms with Gasteiger partial charge in [-0.1, -0.05) is 13.8 Å². The molecule has 1 N–H and O–H groups in total. The van der Waals surface area contributed by atoms with Crippen LogP contribution in [-0.2, 0) is 9.59 Å². The van der Waals surface area contributed by atoms with E-state index >= 15 is 0 Å². The molecule has 0 radical (unpaired) electrons. The predicted molar refractivity (Wildman–Crippen MR) is 78.8 cm³/mol. The Kier molecular flexibility index (Phi) is 4.66. The van der Waals surface area contributed by atoms with Crippen molar-refractivity contribution in [3.63, 3.8) is 0 Å². The van der Waals surface area contributed by atoms with Gasteiger partial charge in [0.1, 0.15) is 11.3 Å². The van der Waals surface area contributed by atoms with Crippen molar-refractivity contribution in [3.8, 4) is 0 Å². The van der Waals surface area contributed by atoms with Crippen molar-refractivity contribution in [2.24, 2.45) is 5.92 Å². The van der Waals surface area contributed by atoms with E-state index in [0.717, 1.165) is 19.6 Å². The van der Waals surface area contributed by atoms with Crippen LogP contribution in [0.2, 0.25) is 0 Å². The van der Waals surface area contributed by atoms with Crippen molar-refractivity contribution >= 4 is 17.7 Å². The lowest BCUT2D eigenvalue weighted by atomic mass is 9.87. The molecule has 1 spiro atoms. The number of imide groups is 1. The molecule has 0 aromatic heterocycles. The second kappa shape index (κ2) is 6.13. The van der Waals surface area contributed by atoms with E-state index in [0.29, 0.717) is 18.8 Å². The van der Waals surface area contributed by atoms with Crippen LogP contribution in [0.1, 0.15) is 40.0 Å². The highest BCUT2D eigenvalue weighted by Crippen LogP contribution is 2.29. The molecule has 2 rings (SSSR count). The molecule has 0 aromatic rings. The van der Waals surface area contributed by atoms with E-state index in [1.54, 1.807) is 0 Å². The highest BCUT2D eigenvalue weighted by Gasteiger charge is 2.52. The third kappa shape index (κ3) is 3.43. The summed E-state index contributed by atoms with van der Waals surface area (Å²) >= 11 is 0. The summed E-state index contributed by atoms with van der Waals surface area (Å²) in [5.74, 6) is 0.432. The molecule has 6 heteroatoms. The Morgan fingerprint density at radius 3 is 2.43 bits per heavy atom. The summed E-state index contributed by atoms with van der Waals surface area (Å²) in [7, 11) is 0. The Hall–Kier alpha value is -1.43. The molecular formula is C15H25N3O3. The first-order valence-electron chi connectivity index (χ1n) is 7.70. The number of hydrogen-bond donors (Lipinski definition) is 1. The van der Waals surface area contributed by atoms with Crippen molar-refractivity contribution in [2.75, 3.05) is 26.2 Å². The zero-order valence-electron chi connectivity index (χ0n) is 13.1. The second-order valence-corrected chi connectivity index (χ2v) is 6.62. The third-order valence-corrected chi connectivity index (χ3v) is 4.27. The number of likely N-dealkylation sites (tertiary alicyclic amines) is 1. The lowest BCUT2D eigenvalue weighted by Gasteiger charge is -2.37. The summed E-state index contributed by atoms with van der Waals surface area (Å²) in [6.45, 7) is 8.69. The molecule has 3 amide bonds. The molecule has 21 heavy (non-hydrogen) atoms. The molecule has 0 unspecified atom stereocenters. The standard InChI is InChI=1S/C15H25N3O3/c1-11(2)10-17-8-5-15(6-9-17)13(20)18(14(21)16-15)7-4-12(3)19/h11H,4-10H2,1-3H3,(H,16,21). The van der Waals surface area contributed by atoms with Crippen LogP contribution < -0.4 is 5.32 Å². The maximum Gasteiger partial charge on any atom is 0.325 e. The fraction of sp³-hybridized carbons (Fsp3) is 0.800. The second-order valence-electron chi connectivity index (χ2n) is 6.62. The van der Waals surface area contributed by atoms with Crippen LogP contribution >= 0.6 is 0 Å². The van der Waals surface area contributed by atoms with Crippen molar-refractivity contribution in [3.05, 3.63) is 0 Å². The number of nitrogens with one attached hydrogen (secondary N) is 1. The van der Waals surface area contributed by atoms with E-state index in [4.69, 9.17) is 0 Å². The van der Waals surface area contributed by atoms with Gasteiger partial charge in [0.25, 0.3) is 5.91 Å². The molecule has 2 aliphatic heterocycles. The molecule has 2 heterocycles. The summed E-state index contributed by atoms with van der Waals surface area (Å²) in [6, 6.07) is -0.349. The minimum atomic E-state index is -0.735. The number of ketones is 1. The first-order chi connectivity index (χ1) is 9.84. The fourth-order valence-electron chi connectivity index (χ4n) is 3.12. The van der Waals surface area contributed by atoms with Gasteiger partial charge in [0.05, 0.1) is 0 Å². The number of piperidine rings is 1. The number of carbonyl (C=O) groups is 3. The first kappa shape index (κ1) is 15.9. The summed E-state index contributed by atoms with van der Waals surface area (Å²) in [6.07, 6.45) is 1.54. The van der Waals surface area contributed by atoms with Gasteiger partial charge in [-0.25, -0.2) is 4.79 Å². The average molecular weight is 295 g/mol. The van der Waals surface area contributed by atoms with Gasteiger partial charge in [-0.15, -0.1) is 0 Å². The Labute approximate surface area is 125 Å². The fourth-order valence-corrected chi connectivity index (χ4v) is 3.12. The largest absolute Gasteiger partial charge is 0.325 e. The van der Waals surface area contributed by atoms with Crippen LogP contribution in [0.3, 0.4) is 0 Å². The Morgan fingerprint density at radius 1 is 1.29 bits per heavy atom. The quantitative estimate of drug-likeness (QED) is 0.769. The van der Waals surface area contributed by atoms with Gasteiger partial charge in [0.15, 0.2) is 0 Å². The molecule has 118 valence electrons. The number of rotatable bonds is 5. The molecule has 0 saturated carbocycles. The molecule has 6 nitrogen and oxygen atoms in total. The van der Waals surface area contributed by atoms with Gasteiger partial charge < -0.3 is 10.2 Å². The molecule has 2 aliphatic rings. The van der Waals surface area contributed by atoms with Crippen LogP contribution in [0.4, 0.5) is 4.79 Å². The minimum Gasteiger partial charge on any atom is -0.323 e. The first-order valence-corrected chi connectivity index (χ1v) is 7.70. The highest BCUT2D eigenvalue weighted by molar-refractivity contribution is 6.07. The number of Topliss-reactive ketones (excluding diaryl/α,β-unsaturated/α-hetero) is 1. The molecule has 2 fully saturated rings. The maximum atomic E-state index is 12.5. The predicted octanol–water partition coefficient (Wildman–Crippen LogP) is 1.01. The van der Waals surface area contributed by atoms with Gasteiger partial charge in [0, 0.05) is 32.6 Å². The van der Waals surface area contributed by atoms with Gasteiger partial charge in [-0.2, -0.15) is 0 Å². The minimum absolute atomic E-state index is 0.0108. The van der Waals surface area contributed by atoms with Crippen molar-refractivity contribution < 1.29 is 14.4 Å². The SMILES string of the molecule is CC(=O)CCN1C(=O)NC2(CCN(CC(C)C)CC2)C1=O. The molecule has 0 bridgehead atoms. The summed E-state index contributed by atoms with van der Waals surface area (Å²) in [4.78, 5) is 39.1. The van der Waals surface area contributed by atoms with Crippen LogP contribution in [0.15, 0.2) is 0 Å². The van der Waals surface area contributed by atoms with Crippen molar-refractivity contribution in [1.29, 1.82) is 0 Å². The number of hydrogen-bond acceptors (Lipinski definition) is 4. The van der Waals surface area contributed by atoms with E-state index in [-0.39, 0.29) is 30.7 Å². The lowest BCUT2D eigenvalue weighted by Crippen LogP contribution is -2.55. The third-order valence-electron chi connectivity index (χ3n) is 4.27. The van der Waals surface area contributed by atoms with Gasteiger partial charge >= 0.3 is 6.03 Å². The smallest absolute Gasteiger partial charge is 0.323 e. The topological polar surface area (TPSA) is 69.7 Å². The van der Waals surface area contributed by atoms with E-state index in [1.165, 1.54) is 11.8 Å². The number of amides is 3. The van der Waals surface area contributed by atoms with E-state index in [1.807, 2.05) is 0 Å². The van der Waals surface area contributed by atoms with E-state index < -0.39 is 5.54 Å². The van der Waals surface area contributed by atoms with Gasteiger partial charge in [-0.05, 0) is 25.7 Å². The molecule has 2 saturated heterocycles. The van der Waals surface area contributed by atoms with Crippen LogP contribution in [0.25, 0.3) is 0 Å².